The maximum Gasteiger partial charge on any atom is 0.186 e. The Labute approximate surface area is 223 Å². The third kappa shape index (κ3) is 8.98. The van der Waals surface area contributed by atoms with Gasteiger partial charge in [-0.25, -0.2) is 4.98 Å². The van der Waals surface area contributed by atoms with Crippen molar-refractivity contribution < 1.29 is 23.7 Å². The summed E-state index contributed by atoms with van der Waals surface area (Å²) in [5.74, 6) is 1.69. The summed E-state index contributed by atoms with van der Waals surface area (Å²) in [5.41, 5.74) is 3.24. The van der Waals surface area contributed by atoms with Crippen molar-refractivity contribution in [2.24, 2.45) is 0 Å². The number of anilines is 1. The van der Waals surface area contributed by atoms with Crippen LogP contribution < -0.4 is 14.4 Å². The molecule has 2 aromatic carbocycles. The van der Waals surface area contributed by atoms with E-state index in [0.29, 0.717) is 39.5 Å². The third-order valence-corrected chi connectivity index (χ3v) is 7.05. The molecule has 0 saturated carbocycles. The van der Waals surface area contributed by atoms with E-state index in [-0.39, 0.29) is 0 Å². The van der Waals surface area contributed by atoms with Crippen molar-refractivity contribution in [1.29, 1.82) is 0 Å². The molecule has 0 aliphatic carbocycles. The highest BCUT2D eigenvalue weighted by Gasteiger charge is 2.14. The number of nitrogens with zero attached hydrogens (tertiary/aromatic N) is 3. The topological polar surface area (TPSA) is 65.5 Å². The highest BCUT2D eigenvalue weighted by Crippen LogP contribution is 2.27. The largest absolute Gasteiger partial charge is 0.497 e. The molecule has 37 heavy (non-hydrogen) atoms. The van der Waals surface area contributed by atoms with Crippen molar-refractivity contribution in [2.45, 2.75) is 19.7 Å². The smallest absolute Gasteiger partial charge is 0.186 e. The second-order valence-electron chi connectivity index (χ2n) is 8.80. The number of methoxy groups -OCH3 is 2. The lowest BCUT2D eigenvalue weighted by molar-refractivity contribution is 0.00558. The Morgan fingerprint density at radius 3 is 2.19 bits per heavy atom. The van der Waals surface area contributed by atoms with E-state index in [0.717, 1.165) is 66.3 Å². The summed E-state index contributed by atoms with van der Waals surface area (Å²) >= 11 is 1.63. The Kier molecular flexibility index (Phi) is 11.0. The lowest BCUT2D eigenvalue weighted by atomic mass is 10.1. The molecule has 200 valence electrons. The Morgan fingerprint density at radius 2 is 1.54 bits per heavy atom. The molecule has 1 fully saturated rings. The number of aromatic nitrogens is 1. The standard InChI is InChI=1S/C28H37N3O5S/c1-32-26-7-3-5-23(17-26)19-31(20-24-6-4-8-27(18-24)33-2)28-29-25(22-37-28)21-36-16-15-35-14-11-30-9-12-34-13-10-30/h3-8,17-18,22H,9-16,19-21H2,1-2H3. The second-order valence-corrected chi connectivity index (χ2v) is 9.64. The van der Waals surface area contributed by atoms with E-state index in [1.807, 2.05) is 24.3 Å². The molecule has 8 nitrogen and oxygen atoms in total. The van der Waals surface area contributed by atoms with E-state index in [1.165, 1.54) is 0 Å². The molecule has 0 atom stereocenters. The van der Waals surface area contributed by atoms with Gasteiger partial charge in [0.15, 0.2) is 5.13 Å². The minimum Gasteiger partial charge on any atom is -0.497 e. The van der Waals surface area contributed by atoms with Crippen LogP contribution in [0.1, 0.15) is 16.8 Å². The summed E-state index contributed by atoms with van der Waals surface area (Å²) in [6, 6.07) is 16.3. The van der Waals surface area contributed by atoms with Crippen molar-refractivity contribution in [3.63, 3.8) is 0 Å². The molecule has 0 unspecified atom stereocenters. The summed E-state index contributed by atoms with van der Waals surface area (Å²) < 4.78 is 27.8. The maximum absolute atomic E-state index is 5.84. The molecule has 1 aromatic heterocycles. The van der Waals surface area contributed by atoms with Crippen molar-refractivity contribution in [3.8, 4) is 11.5 Å². The number of hydrogen-bond donors (Lipinski definition) is 0. The molecule has 0 spiro atoms. The number of benzene rings is 2. The van der Waals surface area contributed by atoms with Crippen LogP contribution in [0.15, 0.2) is 53.9 Å². The number of rotatable bonds is 15. The quantitative estimate of drug-likeness (QED) is 0.272. The first-order valence-corrected chi connectivity index (χ1v) is 13.5. The van der Waals surface area contributed by atoms with E-state index < -0.39 is 0 Å². The predicted octanol–water partition coefficient (Wildman–Crippen LogP) is 4.23. The Morgan fingerprint density at radius 1 is 0.892 bits per heavy atom. The number of hydrogen-bond acceptors (Lipinski definition) is 9. The second kappa shape index (κ2) is 14.9. The van der Waals surface area contributed by atoms with Crippen LogP contribution in [-0.4, -0.2) is 76.8 Å². The van der Waals surface area contributed by atoms with Gasteiger partial charge >= 0.3 is 0 Å². The van der Waals surface area contributed by atoms with E-state index in [1.54, 1.807) is 25.6 Å². The predicted molar refractivity (Wildman–Crippen MR) is 146 cm³/mol. The first-order chi connectivity index (χ1) is 18.2. The molecule has 9 heteroatoms. The fourth-order valence-corrected chi connectivity index (χ4v) is 4.91. The fourth-order valence-electron chi connectivity index (χ4n) is 4.10. The molecule has 2 heterocycles. The monoisotopic (exact) mass is 527 g/mol. The van der Waals surface area contributed by atoms with Crippen LogP contribution in [0.2, 0.25) is 0 Å². The third-order valence-electron chi connectivity index (χ3n) is 6.10. The Balaban J connectivity index is 1.30. The van der Waals surface area contributed by atoms with Gasteiger partial charge in [0, 0.05) is 38.1 Å². The molecule has 1 aliphatic heterocycles. The molecular weight excluding hydrogens is 490 g/mol. The Hall–Kier alpha value is -2.69. The van der Waals surface area contributed by atoms with Gasteiger partial charge < -0.3 is 28.6 Å². The molecule has 1 saturated heterocycles. The summed E-state index contributed by atoms with van der Waals surface area (Å²) in [5, 5.41) is 3.02. The average Bonchev–Trinajstić information content (AvgIpc) is 3.42. The van der Waals surface area contributed by atoms with Crippen LogP contribution in [0.3, 0.4) is 0 Å². The van der Waals surface area contributed by atoms with Gasteiger partial charge in [0.25, 0.3) is 0 Å². The highest BCUT2D eigenvalue weighted by molar-refractivity contribution is 7.13. The van der Waals surface area contributed by atoms with Gasteiger partial charge in [0.05, 0.1) is 59.6 Å². The van der Waals surface area contributed by atoms with Crippen molar-refractivity contribution in [3.05, 3.63) is 70.7 Å². The van der Waals surface area contributed by atoms with Gasteiger partial charge in [0.2, 0.25) is 0 Å². The van der Waals surface area contributed by atoms with Crippen molar-refractivity contribution in [2.75, 3.05) is 71.8 Å². The zero-order valence-corrected chi connectivity index (χ0v) is 22.6. The molecule has 0 amide bonds. The van der Waals surface area contributed by atoms with Crippen LogP contribution in [0.5, 0.6) is 11.5 Å². The van der Waals surface area contributed by atoms with Gasteiger partial charge in [0.1, 0.15) is 11.5 Å². The van der Waals surface area contributed by atoms with Crippen LogP contribution in [0, 0.1) is 0 Å². The molecular formula is C28H37N3O5S. The summed E-state index contributed by atoms with van der Waals surface area (Å²) in [6.07, 6.45) is 0. The maximum atomic E-state index is 5.84. The Bertz CT molecular complexity index is 1020. The van der Waals surface area contributed by atoms with Gasteiger partial charge in [-0.05, 0) is 35.4 Å². The normalized spacial score (nSPS) is 14.0. The lowest BCUT2D eigenvalue weighted by Gasteiger charge is -2.26. The number of thiazole rings is 1. The van der Waals surface area contributed by atoms with Crippen molar-refractivity contribution >= 4 is 16.5 Å². The lowest BCUT2D eigenvalue weighted by Crippen LogP contribution is -2.38. The summed E-state index contributed by atoms with van der Waals surface area (Å²) in [6.45, 7) is 8.27. The van der Waals surface area contributed by atoms with E-state index in [9.17, 15) is 0 Å². The summed E-state index contributed by atoms with van der Waals surface area (Å²) in [7, 11) is 3.38. The molecule has 1 aliphatic rings. The molecule has 0 bridgehead atoms. The zero-order valence-electron chi connectivity index (χ0n) is 21.8. The molecule has 0 N–H and O–H groups in total. The van der Waals surface area contributed by atoms with Gasteiger partial charge in [-0.1, -0.05) is 24.3 Å². The minimum absolute atomic E-state index is 0.468. The van der Waals surface area contributed by atoms with Gasteiger partial charge in [-0.2, -0.15) is 0 Å². The first-order valence-electron chi connectivity index (χ1n) is 12.6. The highest BCUT2D eigenvalue weighted by atomic mass is 32.1. The molecule has 3 aromatic rings. The summed E-state index contributed by atoms with van der Waals surface area (Å²) in [4.78, 5) is 9.52. The SMILES string of the molecule is COc1cccc(CN(Cc2cccc(OC)c2)c2nc(COCCOCCN3CCOCC3)cs2)c1. The van der Waals surface area contributed by atoms with E-state index >= 15 is 0 Å². The van der Waals surface area contributed by atoms with Crippen molar-refractivity contribution in [1.82, 2.24) is 9.88 Å². The van der Waals surface area contributed by atoms with Crippen LogP contribution in [-0.2, 0) is 33.9 Å². The van der Waals surface area contributed by atoms with Crippen LogP contribution in [0.25, 0.3) is 0 Å². The van der Waals surface area contributed by atoms with E-state index in [2.05, 4.69) is 39.4 Å². The van der Waals surface area contributed by atoms with Gasteiger partial charge in [-0.15, -0.1) is 11.3 Å². The molecule has 4 rings (SSSR count). The number of ether oxygens (including phenoxy) is 5. The minimum atomic E-state index is 0.468. The van der Waals surface area contributed by atoms with E-state index in [4.69, 9.17) is 28.7 Å². The molecule has 0 radical (unpaired) electrons. The average molecular weight is 528 g/mol. The van der Waals surface area contributed by atoms with Gasteiger partial charge in [-0.3, -0.25) is 4.90 Å². The van der Waals surface area contributed by atoms with Crippen LogP contribution >= 0.6 is 11.3 Å². The first kappa shape index (κ1) is 27.3. The zero-order chi connectivity index (χ0) is 25.7. The van der Waals surface area contributed by atoms with Crippen LogP contribution in [0.4, 0.5) is 5.13 Å². The number of morpholine rings is 1. The fraction of sp³-hybridized carbons (Fsp3) is 0.464.